The molecule has 0 aromatic heterocycles. The number of hydrogen-bond donors (Lipinski definition) is 0. The lowest BCUT2D eigenvalue weighted by Gasteiger charge is -2.31. The van der Waals surface area contributed by atoms with Crippen LogP contribution in [-0.2, 0) is 14.3 Å². The van der Waals surface area contributed by atoms with Crippen LogP contribution in [0.1, 0.15) is 55.4 Å². The van der Waals surface area contributed by atoms with Gasteiger partial charge in [0.25, 0.3) is 0 Å². The van der Waals surface area contributed by atoms with Gasteiger partial charge in [-0.1, -0.05) is 27.7 Å². The molecule has 0 radical (unpaired) electrons. The van der Waals surface area contributed by atoms with E-state index in [4.69, 9.17) is 9.47 Å². The topological polar surface area (TPSA) is 35.5 Å². The molecule has 0 amide bonds. The zero-order valence-corrected chi connectivity index (χ0v) is 12.1. The molecule has 98 valence electrons. The van der Waals surface area contributed by atoms with Gasteiger partial charge in [0, 0.05) is 13.5 Å². The molecule has 0 aliphatic heterocycles. The van der Waals surface area contributed by atoms with Crippen LogP contribution in [0.4, 0.5) is 0 Å². The molecule has 0 aliphatic rings. The number of ether oxygens (including phenoxy) is 2. The van der Waals surface area contributed by atoms with Gasteiger partial charge >= 0.3 is 5.97 Å². The Morgan fingerprint density at radius 3 is 1.94 bits per heavy atom. The van der Waals surface area contributed by atoms with E-state index in [0.717, 1.165) is 0 Å². The highest BCUT2D eigenvalue weighted by Crippen LogP contribution is 2.18. The van der Waals surface area contributed by atoms with Crippen molar-refractivity contribution >= 4 is 5.97 Å². The zero-order valence-electron chi connectivity index (χ0n) is 12.1. The van der Waals surface area contributed by atoms with E-state index in [-0.39, 0.29) is 12.1 Å². The molecule has 0 heterocycles. The van der Waals surface area contributed by atoms with Crippen LogP contribution in [0.5, 0.6) is 0 Å². The lowest BCUT2D eigenvalue weighted by atomic mass is 10.0. The van der Waals surface area contributed by atoms with E-state index in [9.17, 15) is 4.79 Å². The molecule has 0 saturated heterocycles. The van der Waals surface area contributed by atoms with Crippen molar-refractivity contribution < 1.29 is 14.3 Å². The third-order valence-electron chi connectivity index (χ3n) is 2.11. The van der Waals surface area contributed by atoms with Crippen LogP contribution in [-0.4, -0.2) is 24.3 Å². The van der Waals surface area contributed by atoms with Crippen molar-refractivity contribution in [3.05, 3.63) is 0 Å². The molecule has 0 aliphatic carbocycles. The molecule has 0 spiro atoms. The SMILES string of the molecule is CC.CC(=O)OC(C)C(C)(C)OCC(C)C. The predicted molar refractivity (Wildman–Crippen MR) is 67.4 cm³/mol. The van der Waals surface area contributed by atoms with Crippen LogP contribution in [0.2, 0.25) is 0 Å². The van der Waals surface area contributed by atoms with E-state index in [1.54, 1.807) is 0 Å². The van der Waals surface area contributed by atoms with Crippen LogP contribution in [0.15, 0.2) is 0 Å². The summed E-state index contributed by atoms with van der Waals surface area (Å²) < 4.78 is 10.8. The van der Waals surface area contributed by atoms with Gasteiger partial charge in [0.05, 0.1) is 5.60 Å². The van der Waals surface area contributed by atoms with Crippen LogP contribution in [0, 0.1) is 5.92 Å². The number of carbonyl (C=O) groups is 1. The quantitative estimate of drug-likeness (QED) is 0.681. The fourth-order valence-corrected chi connectivity index (χ4v) is 0.890. The smallest absolute Gasteiger partial charge is 0.302 e. The van der Waals surface area contributed by atoms with E-state index in [1.807, 2.05) is 34.6 Å². The summed E-state index contributed by atoms with van der Waals surface area (Å²) in [6, 6.07) is 0. The second kappa shape index (κ2) is 8.57. The molecule has 3 heteroatoms. The van der Waals surface area contributed by atoms with Gasteiger partial charge in [-0.2, -0.15) is 0 Å². The fourth-order valence-electron chi connectivity index (χ4n) is 0.890. The number of rotatable bonds is 5. The number of carbonyl (C=O) groups excluding carboxylic acids is 1. The summed E-state index contributed by atoms with van der Waals surface area (Å²) >= 11 is 0. The molecule has 0 aromatic carbocycles. The number of hydrogen-bond acceptors (Lipinski definition) is 3. The highest BCUT2D eigenvalue weighted by molar-refractivity contribution is 5.66. The third kappa shape index (κ3) is 8.72. The zero-order chi connectivity index (χ0) is 13.4. The normalized spacial score (nSPS) is 12.8. The van der Waals surface area contributed by atoms with Gasteiger partial charge in [-0.25, -0.2) is 0 Å². The molecule has 1 atom stereocenters. The van der Waals surface area contributed by atoms with Crippen molar-refractivity contribution in [3.8, 4) is 0 Å². The minimum absolute atomic E-state index is 0.223. The molecule has 0 saturated carbocycles. The summed E-state index contributed by atoms with van der Waals surface area (Å²) in [5, 5.41) is 0. The summed E-state index contributed by atoms with van der Waals surface area (Å²) in [6.07, 6.45) is -0.223. The van der Waals surface area contributed by atoms with E-state index in [2.05, 4.69) is 13.8 Å². The first kappa shape index (κ1) is 17.8. The second-order valence-corrected chi connectivity index (χ2v) is 4.56. The first-order valence-electron chi connectivity index (χ1n) is 6.07. The molecule has 16 heavy (non-hydrogen) atoms. The van der Waals surface area contributed by atoms with Crippen LogP contribution >= 0.6 is 0 Å². The van der Waals surface area contributed by atoms with Gasteiger partial charge in [-0.05, 0) is 26.7 Å². The Hall–Kier alpha value is -0.570. The Morgan fingerprint density at radius 1 is 1.19 bits per heavy atom. The Labute approximate surface area is 101 Å². The average molecular weight is 232 g/mol. The van der Waals surface area contributed by atoms with Gasteiger partial charge in [-0.15, -0.1) is 0 Å². The van der Waals surface area contributed by atoms with Gasteiger partial charge in [0.15, 0.2) is 0 Å². The Bertz CT molecular complexity index is 186. The lowest BCUT2D eigenvalue weighted by molar-refractivity contribution is -0.165. The summed E-state index contributed by atoms with van der Waals surface area (Å²) in [5.41, 5.74) is -0.421. The highest BCUT2D eigenvalue weighted by atomic mass is 16.6. The van der Waals surface area contributed by atoms with Gasteiger partial charge < -0.3 is 9.47 Å². The molecule has 0 aromatic rings. The predicted octanol–water partition coefficient (Wildman–Crippen LogP) is 3.42. The summed E-state index contributed by atoms with van der Waals surface area (Å²) in [5.74, 6) is 0.220. The molecule has 3 nitrogen and oxygen atoms in total. The first-order valence-corrected chi connectivity index (χ1v) is 6.07. The second-order valence-electron chi connectivity index (χ2n) is 4.56. The van der Waals surface area contributed by atoms with Crippen molar-refractivity contribution in [3.63, 3.8) is 0 Å². The van der Waals surface area contributed by atoms with Crippen LogP contribution < -0.4 is 0 Å². The van der Waals surface area contributed by atoms with E-state index in [0.29, 0.717) is 12.5 Å². The van der Waals surface area contributed by atoms with Crippen molar-refractivity contribution in [1.29, 1.82) is 0 Å². The minimum Gasteiger partial charge on any atom is -0.460 e. The maximum absolute atomic E-state index is 10.8. The third-order valence-corrected chi connectivity index (χ3v) is 2.11. The van der Waals surface area contributed by atoms with E-state index >= 15 is 0 Å². The maximum atomic E-state index is 10.8. The summed E-state index contributed by atoms with van der Waals surface area (Å²) in [7, 11) is 0. The molecular weight excluding hydrogens is 204 g/mol. The summed E-state index contributed by atoms with van der Waals surface area (Å²) in [4.78, 5) is 10.8. The minimum atomic E-state index is -0.421. The van der Waals surface area contributed by atoms with E-state index < -0.39 is 5.60 Å². The van der Waals surface area contributed by atoms with Crippen molar-refractivity contribution in [2.45, 2.75) is 67.1 Å². The largest absolute Gasteiger partial charge is 0.460 e. The molecule has 0 N–H and O–H groups in total. The molecule has 0 rings (SSSR count). The average Bonchev–Trinajstić information content (AvgIpc) is 2.17. The van der Waals surface area contributed by atoms with Gasteiger partial charge in [0.1, 0.15) is 6.10 Å². The fraction of sp³-hybridized carbons (Fsp3) is 0.923. The van der Waals surface area contributed by atoms with Crippen LogP contribution in [0.3, 0.4) is 0 Å². The lowest BCUT2D eigenvalue weighted by Crippen LogP contribution is -2.40. The van der Waals surface area contributed by atoms with Crippen LogP contribution in [0.25, 0.3) is 0 Å². The monoisotopic (exact) mass is 232 g/mol. The molecule has 0 bridgehead atoms. The Balaban J connectivity index is 0. The Kier molecular flexibility index (Phi) is 9.54. The van der Waals surface area contributed by atoms with Gasteiger partial charge in [-0.3, -0.25) is 4.79 Å². The van der Waals surface area contributed by atoms with Crippen molar-refractivity contribution in [2.24, 2.45) is 5.92 Å². The van der Waals surface area contributed by atoms with Crippen molar-refractivity contribution in [1.82, 2.24) is 0 Å². The van der Waals surface area contributed by atoms with E-state index in [1.165, 1.54) is 6.92 Å². The molecular formula is C13H28O3. The first-order chi connectivity index (χ1) is 7.25. The van der Waals surface area contributed by atoms with Crippen molar-refractivity contribution in [2.75, 3.05) is 6.61 Å². The Morgan fingerprint density at radius 2 is 1.62 bits per heavy atom. The number of esters is 1. The maximum Gasteiger partial charge on any atom is 0.302 e. The van der Waals surface area contributed by atoms with Gasteiger partial charge in [0.2, 0.25) is 0 Å². The molecule has 1 unspecified atom stereocenters. The highest BCUT2D eigenvalue weighted by Gasteiger charge is 2.29. The summed E-state index contributed by atoms with van der Waals surface area (Å²) in [6.45, 7) is 16.0. The molecule has 0 fully saturated rings. The standard InChI is InChI=1S/C11H22O3.C2H6/c1-8(2)7-13-11(5,6)9(3)14-10(4)12;1-2/h8-9H,7H2,1-6H3;1-2H3.